The first-order chi connectivity index (χ1) is 9.08. The molecular weight excluding hydrogens is 299 g/mol. The van der Waals surface area contributed by atoms with Crippen molar-refractivity contribution in [1.29, 1.82) is 0 Å². The third kappa shape index (κ3) is 2.08. The Hall–Kier alpha value is -1.29. The molecule has 0 fully saturated rings. The molecule has 0 unspecified atom stereocenters. The zero-order valence-electron chi connectivity index (χ0n) is 10.1. The van der Waals surface area contributed by atoms with Crippen LogP contribution in [0.2, 0.25) is 10.0 Å². The van der Waals surface area contributed by atoms with E-state index >= 15 is 0 Å². The van der Waals surface area contributed by atoms with Crippen LogP contribution in [0.15, 0.2) is 36.4 Å². The van der Waals surface area contributed by atoms with Gasteiger partial charge in [0.05, 0.1) is 16.7 Å². The molecule has 2 nitrogen and oxygen atoms in total. The maximum absolute atomic E-state index is 6.18. The van der Waals surface area contributed by atoms with Crippen LogP contribution < -0.4 is 0 Å². The lowest BCUT2D eigenvalue weighted by Gasteiger charge is -2.09. The van der Waals surface area contributed by atoms with E-state index in [0.29, 0.717) is 9.79 Å². The van der Waals surface area contributed by atoms with E-state index in [1.54, 1.807) is 0 Å². The quantitative estimate of drug-likeness (QED) is 0.605. The lowest BCUT2D eigenvalue weighted by atomic mass is 10.2. The second-order valence-electron chi connectivity index (χ2n) is 4.31. The molecule has 1 heterocycles. The van der Waals surface area contributed by atoms with Crippen molar-refractivity contribution in [3.8, 4) is 5.69 Å². The molecule has 0 radical (unpaired) electrons. The van der Waals surface area contributed by atoms with Gasteiger partial charge in [-0.1, -0.05) is 29.3 Å². The Morgan fingerprint density at radius 2 is 1.95 bits per heavy atom. The molecule has 96 valence electrons. The van der Waals surface area contributed by atoms with Crippen LogP contribution in [0, 0.1) is 11.7 Å². The second kappa shape index (κ2) is 4.67. The van der Waals surface area contributed by atoms with Gasteiger partial charge >= 0.3 is 0 Å². The van der Waals surface area contributed by atoms with Crippen LogP contribution in [0.5, 0.6) is 0 Å². The minimum Gasteiger partial charge on any atom is -0.330 e. The van der Waals surface area contributed by atoms with E-state index in [1.807, 2.05) is 47.9 Å². The number of aromatic nitrogens is 2. The van der Waals surface area contributed by atoms with E-state index < -0.39 is 0 Å². The Morgan fingerprint density at radius 1 is 1.16 bits per heavy atom. The van der Waals surface area contributed by atoms with Gasteiger partial charge in [0, 0.05) is 10.0 Å². The number of halogens is 2. The van der Waals surface area contributed by atoms with Crippen molar-refractivity contribution in [1.82, 2.24) is 9.55 Å². The first kappa shape index (κ1) is 12.7. The first-order valence-corrected chi connectivity index (χ1v) is 6.90. The molecule has 3 rings (SSSR count). The summed E-state index contributed by atoms with van der Waals surface area (Å²) in [5.74, 6) is 0. The summed E-state index contributed by atoms with van der Waals surface area (Å²) in [6.45, 7) is 1.98. The van der Waals surface area contributed by atoms with Gasteiger partial charge in [0.1, 0.15) is 0 Å². The van der Waals surface area contributed by atoms with Gasteiger partial charge in [-0.25, -0.2) is 0 Å². The molecule has 19 heavy (non-hydrogen) atoms. The van der Waals surface area contributed by atoms with Crippen molar-refractivity contribution >= 4 is 46.5 Å². The van der Waals surface area contributed by atoms with Gasteiger partial charge < -0.3 is 4.98 Å². The largest absolute Gasteiger partial charge is 0.330 e. The number of H-pyrrole nitrogens is 1. The maximum atomic E-state index is 6.18. The van der Waals surface area contributed by atoms with Crippen molar-refractivity contribution in [2.45, 2.75) is 6.92 Å². The Morgan fingerprint density at radius 3 is 2.74 bits per heavy atom. The van der Waals surface area contributed by atoms with Crippen LogP contribution in [0.4, 0.5) is 0 Å². The molecule has 0 aliphatic heterocycles. The molecule has 1 aromatic heterocycles. The Kier molecular flexibility index (Phi) is 3.13. The zero-order valence-corrected chi connectivity index (χ0v) is 12.4. The molecule has 0 atom stereocenters. The van der Waals surface area contributed by atoms with Crippen LogP contribution in [0.3, 0.4) is 0 Å². The van der Waals surface area contributed by atoms with Crippen LogP contribution in [-0.2, 0) is 0 Å². The van der Waals surface area contributed by atoms with Crippen LogP contribution in [0.25, 0.3) is 16.7 Å². The minimum atomic E-state index is 0.627. The number of nitrogens with one attached hydrogen (secondary N) is 1. The maximum Gasteiger partial charge on any atom is 0.182 e. The Bertz CT molecular complexity index is 833. The van der Waals surface area contributed by atoms with E-state index in [1.165, 1.54) is 0 Å². The number of nitrogens with zero attached hydrogens (tertiary/aromatic N) is 1. The van der Waals surface area contributed by atoms with Gasteiger partial charge in [-0.05, 0) is 55.0 Å². The highest BCUT2D eigenvalue weighted by atomic mass is 35.5. The summed E-state index contributed by atoms with van der Waals surface area (Å²) < 4.78 is 2.60. The monoisotopic (exact) mass is 308 g/mol. The lowest BCUT2D eigenvalue weighted by Crippen LogP contribution is -1.97. The lowest BCUT2D eigenvalue weighted by molar-refractivity contribution is 1.05. The highest BCUT2D eigenvalue weighted by molar-refractivity contribution is 7.71. The van der Waals surface area contributed by atoms with E-state index in [-0.39, 0.29) is 0 Å². The number of hydrogen-bond donors (Lipinski definition) is 1. The topological polar surface area (TPSA) is 20.7 Å². The molecule has 0 spiro atoms. The highest BCUT2D eigenvalue weighted by Crippen LogP contribution is 2.27. The van der Waals surface area contributed by atoms with Gasteiger partial charge in [-0.2, -0.15) is 0 Å². The van der Waals surface area contributed by atoms with Crippen LogP contribution >= 0.6 is 35.4 Å². The van der Waals surface area contributed by atoms with Gasteiger partial charge in [-0.3, -0.25) is 4.57 Å². The summed E-state index contributed by atoms with van der Waals surface area (Å²) >= 11 is 17.6. The van der Waals surface area contributed by atoms with E-state index in [4.69, 9.17) is 35.4 Å². The van der Waals surface area contributed by atoms with Crippen LogP contribution in [-0.4, -0.2) is 9.55 Å². The summed E-state index contributed by atoms with van der Waals surface area (Å²) in [5, 5.41) is 1.40. The van der Waals surface area contributed by atoms with Crippen molar-refractivity contribution in [3.05, 3.63) is 56.8 Å². The summed E-state index contributed by atoms with van der Waals surface area (Å²) in [7, 11) is 0. The smallest absolute Gasteiger partial charge is 0.182 e. The highest BCUT2D eigenvalue weighted by Gasteiger charge is 2.10. The summed E-state index contributed by atoms with van der Waals surface area (Å²) in [5.41, 5.74) is 3.87. The van der Waals surface area contributed by atoms with Crippen molar-refractivity contribution < 1.29 is 0 Å². The predicted molar refractivity (Wildman–Crippen MR) is 83.2 cm³/mol. The van der Waals surface area contributed by atoms with Crippen molar-refractivity contribution in [3.63, 3.8) is 0 Å². The molecule has 0 bridgehead atoms. The third-order valence-electron chi connectivity index (χ3n) is 3.12. The second-order valence-corrected chi connectivity index (χ2v) is 5.54. The van der Waals surface area contributed by atoms with Gasteiger partial charge in [0.2, 0.25) is 0 Å². The van der Waals surface area contributed by atoms with E-state index in [0.717, 1.165) is 27.3 Å². The summed E-state index contributed by atoms with van der Waals surface area (Å²) in [6.07, 6.45) is 0. The Labute approximate surface area is 125 Å². The summed E-state index contributed by atoms with van der Waals surface area (Å²) in [4.78, 5) is 3.16. The third-order valence-corrected chi connectivity index (χ3v) is 4.05. The van der Waals surface area contributed by atoms with Crippen molar-refractivity contribution in [2.75, 3.05) is 0 Å². The molecule has 2 aromatic carbocycles. The number of aromatic amines is 1. The number of fused-ring (bicyclic) bond motifs is 1. The van der Waals surface area contributed by atoms with E-state index in [9.17, 15) is 0 Å². The first-order valence-electron chi connectivity index (χ1n) is 5.73. The van der Waals surface area contributed by atoms with Gasteiger partial charge in [-0.15, -0.1) is 0 Å². The fourth-order valence-electron chi connectivity index (χ4n) is 2.16. The molecule has 0 saturated heterocycles. The fourth-order valence-corrected chi connectivity index (χ4v) is 2.81. The van der Waals surface area contributed by atoms with Crippen molar-refractivity contribution in [2.24, 2.45) is 0 Å². The average Bonchev–Trinajstić information content (AvgIpc) is 2.68. The SMILES string of the molecule is Cc1c(Cl)cccc1-n1c(=S)[nH]c2cc(Cl)ccc21. The minimum absolute atomic E-state index is 0.627. The molecule has 0 aliphatic carbocycles. The zero-order chi connectivity index (χ0) is 13.6. The number of imidazole rings is 1. The molecule has 0 aliphatic rings. The molecular formula is C14H10Cl2N2S. The molecule has 0 saturated carbocycles. The standard InChI is InChI=1S/C14H10Cl2N2S/c1-8-10(16)3-2-4-12(8)18-13-6-5-9(15)7-11(13)17-14(18)19/h2-7H,1H3,(H,17,19). The number of hydrogen-bond acceptors (Lipinski definition) is 1. The predicted octanol–water partition coefficient (Wildman–Crippen LogP) is 5.30. The molecule has 5 heteroatoms. The van der Waals surface area contributed by atoms with Crippen LogP contribution in [0.1, 0.15) is 5.56 Å². The fraction of sp³-hybridized carbons (Fsp3) is 0.0714. The molecule has 0 amide bonds. The molecule has 3 aromatic rings. The van der Waals surface area contributed by atoms with Gasteiger partial charge in [0.25, 0.3) is 0 Å². The normalized spacial score (nSPS) is 11.1. The Balaban J connectivity index is 2.40. The number of benzene rings is 2. The molecule has 1 N–H and O–H groups in total. The number of rotatable bonds is 1. The summed E-state index contributed by atoms with van der Waals surface area (Å²) in [6, 6.07) is 11.5. The average molecular weight is 309 g/mol. The van der Waals surface area contributed by atoms with E-state index in [2.05, 4.69) is 4.98 Å². The van der Waals surface area contributed by atoms with Gasteiger partial charge in [0.15, 0.2) is 4.77 Å².